The second-order valence-corrected chi connectivity index (χ2v) is 3.33. The lowest BCUT2D eigenvalue weighted by Crippen LogP contribution is -2.48. The maximum atomic E-state index is 3.34. The molecule has 0 amide bonds. The van der Waals surface area contributed by atoms with Crippen LogP contribution in [0.25, 0.3) is 0 Å². The highest BCUT2D eigenvalue weighted by molar-refractivity contribution is 6.50. The highest BCUT2D eigenvalue weighted by Gasteiger charge is 2.10. The van der Waals surface area contributed by atoms with Gasteiger partial charge in [-0.15, -0.1) is 0 Å². The molecule has 1 heterocycles. The average Bonchev–Trinajstić information content (AvgIpc) is 2.21. The third kappa shape index (κ3) is 2.57. The molecule has 67 valence electrons. The molecule has 1 radical (unpaired) electrons. The van der Waals surface area contributed by atoms with E-state index >= 15 is 0 Å². The van der Waals surface area contributed by atoms with Gasteiger partial charge in [0.25, 0.3) is 0 Å². The number of hydrogen-bond acceptors (Lipinski definition) is 2. The number of nitrogens with one attached hydrogen (secondary N) is 1. The summed E-state index contributed by atoms with van der Waals surface area (Å²) in [6.07, 6.45) is 0. The van der Waals surface area contributed by atoms with Gasteiger partial charge in [0, 0.05) is 13.1 Å². The van der Waals surface area contributed by atoms with Gasteiger partial charge in [-0.3, -0.25) is 0 Å². The van der Waals surface area contributed by atoms with E-state index < -0.39 is 0 Å². The lowest BCUT2D eigenvalue weighted by atomic mass is 9.80. The molecule has 2 nitrogen and oxygen atoms in total. The van der Waals surface area contributed by atoms with Crippen LogP contribution in [0.5, 0.6) is 0 Å². The van der Waals surface area contributed by atoms with E-state index in [4.69, 9.17) is 0 Å². The molecular formula is C10H14BN2. The Hall–Kier alpha value is -0.795. The summed E-state index contributed by atoms with van der Waals surface area (Å²) in [6.45, 7) is 4.44. The summed E-state index contributed by atoms with van der Waals surface area (Å²) in [6, 6.07) is 10.5. The van der Waals surface area contributed by atoms with Gasteiger partial charge >= 0.3 is 0 Å². The van der Waals surface area contributed by atoms with Gasteiger partial charge in [-0.1, -0.05) is 35.8 Å². The lowest BCUT2D eigenvalue weighted by molar-refractivity contribution is 0.379. The number of benzene rings is 1. The zero-order valence-corrected chi connectivity index (χ0v) is 7.74. The van der Waals surface area contributed by atoms with E-state index in [0.717, 1.165) is 26.2 Å². The molecule has 0 saturated carbocycles. The smallest absolute Gasteiger partial charge is 0.247 e. The third-order valence-electron chi connectivity index (χ3n) is 2.28. The fourth-order valence-corrected chi connectivity index (χ4v) is 1.56. The number of piperazine rings is 1. The van der Waals surface area contributed by atoms with Crippen LogP contribution in [-0.2, 0) is 0 Å². The molecule has 2 rings (SSSR count). The Morgan fingerprint density at radius 2 is 1.77 bits per heavy atom. The van der Waals surface area contributed by atoms with Crippen molar-refractivity contribution in [3.05, 3.63) is 30.3 Å². The van der Waals surface area contributed by atoms with Crippen molar-refractivity contribution in [2.45, 2.75) is 0 Å². The fraction of sp³-hybridized carbons (Fsp3) is 0.400. The monoisotopic (exact) mass is 173 g/mol. The summed E-state index contributed by atoms with van der Waals surface area (Å²) in [5, 5.41) is 3.34. The first-order valence-corrected chi connectivity index (χ1v) is 4.80. The molecule has 1 saturated heterocycles. The Kier molecular flexibility index (Phi) is 3.00. The Bertz CT molecular complexity index is 244. The minimum absolute atomic E-state index is 1.10. The number of hydrogen-bond donors (Lipinski definition) is 1. The summed E-state index contributed by atoms with van der Waals surface area (Å²) < 4.78 is 0. The molecule has 1 aliphatic heterocycles. The maximum absolute atomic E-state index is 3.34. The van der Waals surface area contributed by atoms with Crippen LogP contribution in [0.3, 0.4) is 0 Å². The van der Waals surface area contributed by atoms with Crippen LogP contribution in [0.2, 0.25) is 0 Å². The van der Waals surface area contributed by atoms with E-state index in [0.29, 0.717) is 0 Å². The third-order valence-corrected chi connectivity index (χ3v) is 2.28. The summed E-state index contributed by atoms with van der Waals surface area (Å²) in [7, 11) is 2.24. The average molecular weight is 173 g/mol. The topological polar surface area (TPSA) is 15.3 Å². The van der Waals surface area contributed by atoms with Gasteiger partial charge in [0.1, 0.15) is 0 Å². The normalized spacial score (nSPS) is 18.5. The van der Waals surface area contributed by atoms with Crippen LogP contribution in [-0.4, -0.2) is 38.4 Å². The van der Waals surface area contributed by atoms with E-state index in [-0.39, 0.29) is 0 Å². The Labute approximate surface area is 80.2 Å². The molecule has 1 fully saturated rings. The van der Waals surface area contributed by atoms with Crippen LogP contribution < -0.4 is 10.8 Å². The van der Waals surface area contributed by atoms with Crippen molar-refractivity contribution >= 4 is 12.9 Å². The summed E-state index contributed by atoms with van der Waals surface area (Å²) in [5.41, 5.74) is 1.30. The minimum Gasteiger partial charge on any atom is -0.340 e. The Balaban J connectivity index is 1.90. The van der Waals surface area contributed by atoms with Gasteiger partial charge in [0.15, 0.2) is 0 Å². The molecule has 0 atom stereocenters. The molecular weight excluding hydrogens is 159 g/mol. The van der Waals surface area contributed by atoms with Crippen LogP contribution in [0.1, 0.15) is 0 Å². The first-order chi connectivity index (χ1) is 6.45. The van der Waals surface area contributed by atoms with Crippen molar-refractivity contribution in [2.24, 2.45) is 0 Å². The summed E-state index contributed by atoms with van der Waals surface area (Å²) in [4.78, 5) is 2.37. The standard InChI is InChI=1S/C10H14BN2/c1-2-4-10(5-3-1)11-13-8-6-12-7-9-13/h1-5,12H,6-9H2. The predicted octanol–water partition coefficient (Wildman–Crippen LogP) is -0.164. The molecule has 1 N–H and O–H groups in total. The van der Waals surface area contributed by atoms with Crippen molar-refractivity contribution < 1.29 is 0 Å². The van der Waals surface area contributed by atoms with E-state index in [1.54, 1.807) is 0 Å². The highest BCUT2D eigenvalue weighted by Crippen LogP contribution is 1.90. The highest BCUT2D eigenvalue weighted by atomic mass is 15.1. The largest absolute Gasteiger partial charge is 0.340 e. The molecule has 3 heteroatoms. The number of rotatable bonds is 2. The molecule has 1 aliphatic rings. The Morgan fingerprint density at radius 3 is 2.46 bits per heavy atom. The molecule has 1 aromatic rings. The zero-order valence-electron chi connectivity index (χ0n) is 7.74. The second-order valence-electron chi connectivity index (χ2n) is 3.33. The molecule has 0 aromatic heterocycles. The first kappa shape index (κ1) is 8.79. The lowest BCUT2D eigenvalue weighted by Gasteiger charge is -2.26. The van der Waals surface area contributed by atoms with Gasteiger partial charge in [0.05, 0.1) is 0 Å². The van der Waals surface area contributed by atoms with Crippen LogP contribution in [0.4, 0.5) is 0 Å². The van der Waals surface area contributed by atoms with Crippen molar-refractivity contribution in [1.29, 1.82) is 0 Å². The van der Waals surface area contributed by atoms with Crippen molar-refractivity contribution in [2.75, 3.05) is 26.2 Å². The van der Waals surface area contributed by atoms with E-state index in [1.165, 1.54) is 5.46 Å². The summed E-state index contributed by atoms with van der Waals surface area (Å²) in [5.74, 6) is 0. The second kappa shape index (κ2) is 4.44. The molecule has 0 spiro atoms. The van der Waals surface area contributed by atoms with Crippen LogP contribution >= 0.6 is 0 Å². The van der Waals surface area contributed by atoms with Gasteiger partial charge in [0.2, 0.25) is 7.41 Å². The van der Waals surface area contributed by atoms with Gasteiger partial charge in [-0.2, -0.15) is 0 Å². The molecule has 0 aliphatic carbocycles. The molecule has 1 aromatic carbocycles. The minimum atomic E-state index is 1.10. The van der Waals surface area contributed by atoms with E-state index in [2.05, 4.69) is 47.9 Å². The summed E-state index contributed by atoms with van der Waals surface area (Å²) >= 11 is 0. The van der Waals surface area contributed by atoms with E-state index in [1.807, 2.05) is 0 Å². The quantitative estimate of drug-likeness (QED) is 0.625. The van der Waals surface area contributed by atoms with Crippen molar-refractivity contribution in [1.82, 2.24) is 10.1 Å². The van der Waals surface area contributed by atoms with Gasteiger partial charge in [-0.05, 0) is 13.1 Å². The zero-order chi connectivity index (χ0) is 8.93. The van der Waals surface area contributed by atoms with Gasteiger partial charge < -0.3 is 10.1 Å². The molecule has 0 unspecified atom stereocenters. The van der Waals surface area contributed by atoms with Crippen LogP contribution in [0.15, 0.2) is 30.3 Å². The van der Waals surface area contributed by atoms with Crippen molar-refractivity contribution in [3.8, 4) is 0 Å². The van der Waals surface area contributed by atoms with Crippen molar-refractivity contribution in [3.63, 3.8) is 0 Å². The van der Waals surface area contributed by atoms with E-state index in [9.17, 15) is 0 Å². The molecule has 13 heavy (non-hydrogen) atoms. The molecule has 0 bridgehead atoms. The number of nitrogens with zero attached hydrogens (tertiary/aromatic N) is 1. The Morgan fingerprint density at radius 1 is 1.08 bits per heavy atom. The predicted molar refractivity (Wildman–Crippen MR) is 56.3 cm³/mol. The van der Waals surface area contributed by atoms with Crippen LogP contribution in [0, 0.1) is 0 Å². The maximum Gasteiger partial charge on any atom is 0.247 e. The first-order valence-electron chi connectivity index (χ1n) is 4.80. The van der Waals surface area contributed by atoms with Gasteiger partial charge in [-0.25, -0.2) is 0 Å². The SMILES string of the molecule is [B](c1ccccc1)N1CCNCC1. The fourth-order valence-electron chi connectivity index (χ4n) is 1.56.